The first kappa shape index (κ1) is 12.1. The fourth-order valence-corrected chi connectivity index (χ4v) is 0.969. The number of hydrogen-bond donors (Lipinski definition) is 3. The van der Waals surface area contributed by atoms with Crippen LogP contribution < -0.4 is 0 Å². The fraction of sp³-hybridized carbons (Fsp3) is 0.429. The number of esters is 1. The van der Waals surface area contributed by atoms with Crippen molar-refractivity contribution in [2.24, 2.45) is 0 Å². The quantitative estimate of drug-likeness (QED) is 0.339. The van der Waals surface area contributed by atoms with Crippen LogP contribution in [-0.4, -0.2) is 44.3 Å². The first-order chi connectivity index (χ1) is 7.47. The standard InChI is InChI=1S/C7H9N3O6/c1-16-7(13)5(12)4(11)6-8-2-3(9-6)10(14)15/h2,4-5,11-12H,1H3,(H,8,9). The molecule has 0 fully saturated rings. The van der Waals surface area contributed by atoms with E-state index in [9.17, 15) is 25.1 Å². The molecule has 1 rings (SSSR count). The molecule has 1 aromatic heterocycles. The van der Waals surface area contributed by atoms with Crippen LogP contribution in [0.4, 0.5) is 5.82 Å². The van der Waals surface area contributed by atoms with Crippen LogP contribution in [0.2, 0.25) is 0 Å². The minimum absolute atomic E-state index is 0.287. The number of carbonyl (C=O) groups excluding carboxylic acids is 1. The smallest absolute Gasteiger partial charge is 0.340 e. The second-order valence-electron chi connectivity index (χ2n) is 2.82. The molecule has 9 nitrogen and oxygen atoms in total. The lowest BCUT2D eigenvalue weighted by Crippen LogP contribution is -2.29. The Bertz CT molecular complexity index is 403. The van der Waals surface area contributed by atoms with E-state index in [-0.39, 0.29) is 5.82 Å². The number of ether oxygens (including phenoxy) is 1. The number of nitrogens with zero attached hydrogens (tertiary/aromatic N) is 2. The van der Waals surface area contributed by atoms with Gasteiger partial charge in [-0.2, -0.15) is 0 Å². The monoisotopic (exact) mass is 231 g/mol. The highest BCUT2D eigenvalue weighted by Crippen LogP contribution is 2.17. The van der Waals surface area contributed by atoms with Gasteiger partial charge in [0.15, 0.2) is 12.2 Å². The van der Waals surface area contributed by atoms with Gasteiger partial charge in [0.05, 0.1) is 7.11 Å². The minimum Gasteiger partial charge on any atom is -0.467 e. The van der Waals surface area contributed by atoms with Crippen molar-refractivity contribution in [1.29, 1.82) is 0 Å². The number of aromatic nitrogens is 2. The number of nitro groups is 1. The van der Waals surface area contributed by atoms with Gasteiger partial charge in [-0.15, -0.1) is 0 Å². The van der Waals surface area contributed by atoms with Crippen LogP contribution in [0.15, 0.2) is 6.20 Å². The molecule has 0 aliphatic rings. The summed E-state index contributed by atoms with van der Waals surface area (Å²) in [5.74, 6) is -1.80. The summed E-state index contributed by atoms with van der Waals surface area (Å²) >= 11 is 0. The minimum atomic E-state index is -1.85. The Morgan fingerprint density at radius 2 is 2.31 bits per heavy atom. The van der Waals surface area contributed by atoms with Crippen molar-refractivity contribution in [2.45, 2.75) is 12.2 Å². The van der Waals surface area contributed by atoms with Gasteiger partial charge in [0.25, 0.3) is 0 Å². The highest BCUT2D eigenvalue weighted by atomic mass is 16.6. The van der Waals surface area contributed by atoms with Gasteiger partial charge in [0, 0.05) is 0 Å². The summed E-state index contributed by atoms with van der Waals surface area (Å²) < 4.78 is 4.18. The van der Waals surface area contributed by atoms with E-state index in [0.717, 1.165) is 13.3 Å². The number of hydrogen-bond acceptors (Lipinski definition) is 7. The molecule has 9 heteroatoms. The maximum atomic E-state index is 10.9. The number of nitrogens with one attached hydrogen (secondary N) is 1. The maximum Gasteiger partial charge on any atom is 0.340 e. The van der Waals surface area contributed by atoms with Gasteiger partial charge in [0.1, 0.15) is 6.20 Å². The Morgan fingerprint density at radius 3 is 2.75 bits per heavy atom. The molecule has 0 aromatic carbocycles. The van der Waals surface area contributed by atoms with E-state index in [0.29, 0.717) is 0 Å². The van der Waals surface area contributed by atoms with Crippen molar-refractivity contribution >= 4 is 11.8 Å². The Morgan fingerprint density at radius 1 is 1.69 bits per heavy atom. The SMILES string of the molecule is COC(=O)C(O)C(O)c1ncc([N+](=O)[O-])[nH]1. The zero-order chi connectivity index (χ0) is 12.3. The lowest BCUT2D eigenvalue weighted by atomic mass is 10.2. The highest BCUT2D eigenvalue weighted by Gasteiger charge is 2.31. The van der Waals surface area contributed by atoms with Gasteiger partial charge in [-0.3, -0.25) is 0 Å². The summed E-state index contributed by atoms with van der Waals surface area (Å²) in [6.45, 7) is 0. The summed E-state index contributed by atoms with van der Waals surface area (Å²) in [4.78, 5) is 26.0. The van der Waals surface area contributed by atoms with Crippen LogP contribution in [0.1, 0.15) is 11.9 Å². The maximum absolute atomic E-state index is 10.9. The normalized spacial score (nSPS) is 14.2. The van der Waals surface area contributed by atoms with E-state index < -0.39 is 28.9 Å². The van der Waals surface area contributed by atoms with Crippen molar-refractivity contribution in [3.63, 3.8) is 0 Å². The summed E-state index contributed by atoms with van der Waals surface area (Å²) in [5.41, 5.74) is 0. The Kier molecular flexibility index (Phi) is 3.53. The highest BCUT2D eigenvalue weighted by molar-refractivity contribution is 5.75. The van der Waals surface area contributed by atoms with Crippen molar-refractivity contribution in [1.82, 2.24) is 9.97 Å². The molecule has 0 aliphatic carbocycles. The van der Waals surface area contributed by atoms with Gasteiger partial charge < -0.3 is 25.1 Å². The number of aromatic amines is 1. The summed E-state index contributed by atoms with van der Waals surface area (Å²) in [6.07, 6.45) is -2.69. The molecule has 0 amide bonds. The van der Waals surface area contributed by atoms with Gasteiger partial charge in [0.2, 0.25) is 5.82 Å². The summed E-state index contributed by atoms with van der Waals surface area (Å²) in [5, 5.41) is 28.9. The van der Waals surface area contributed by atoms with Gasteiger partial charge >= 0.3 is 11.8 Å². The van der Waals surface area contributed by atoms with Crippen molar-refractivity contribution < 1.29 is 24.7 Å². The lowest BCUT2D eigenvalue weighted by Gasteiger charge is -2.11. The third kappa shape index (κ3) is 2.32. The third-order valence-corrected chi connectivity index (χ3v) is 1.80. The number of rotatable bonds is 4. The molecule has 0 saturated carbocycles. The average molecular weight is 231 g/mol. The van der Waals surface area contributed by atoms with E-state index >= 15 is 0 Å². The van der Waals surface area contributed by atoms with E-state index in [1.807, 2.05) is 0 Å². The molecule has 0 spiro atoms. The van der Waals surface area contributed by atoms with Crippen LogP contribution >= 0.6 is 0 Å². The molecule has 2 atom stereocenters. The first-order valence-corrected chi connectivity index (χ1v) is 4.10. The fourth-order valence-electron chi connectivity index (χ4n) is 0.969. The van der Waals surface area contributed by atoms with Crippen LogP contribution in [0.25, 0.3) is 0 Å². The number of H-pyrrole nitrogens is 1. The molecule has 0 radical (unpaired) electrons. The lowest BCUT2D eigenvalue weighted by molar-refractivity contribution is -0.389. The summed E-state index contributed by atoms with van der Waals surface area (Å²) in [7, 11) is 1.03. The van der Waals surface area contributed by atoms with Crippen LogP contribution in [0.3, 0.4) is 0 Å². The molecule has 0 aliphatic heterocycles. The second kappa shape index (κ2) is 4.68. The molecule has 3 N–H and O–H groups in total. The third-order valence-electron chi connectivity index (χ3n) is 1.80. The number of methoxy groups -OCH3 is 1. The van der Waals surface area contributed by atoms with E-state index in [1.165, 1.54) is 0 Å². The van der Waals surface area contributed by atoms with Gasteiger partial charge in [-0.25, -0.2) is 14.8 Å². The molecule has 16 heavy (non-hydrogen) atoms. The zero-order valence-corrected chi connectivity index (χ0v) is 8.15. The molecule has 1 heterocycles. The topological polar surface area (TPSA) is 139 Å². The zero-order valence-electron chi connectivity index (χ0n) is 8.15. The van der Waals surface area contributed by atoms with E-state index in [2.05, 4.69) is 14.7 Å². The van der Waals surface area contributed by atoms with Crippen LogP contribution in [0, 0.1) is 10.1 Å². The van der Waals surface area contributed by atoms with Gasteiger partial charge in [-0.1, -0.05) is 0 Å². The molecular weight excluding hydrogens is 222 g/mol. The Balaban J connectivity index is 2.83. The molecule has 88 valence electrons. The average Bonchev–Trinajstić information content (AvgIpc) is 2.75. The number of aliphatic hydroxyl groups excluding tert-OH is 2. The number of imidazole rings is 1. The van der Waals surface area contributed by atoms with Crippen LogP contribution in [0.5, 0.6) is 0 Å². The largest absolute Gasteiger partial charge is 0.467 e. The first-order valence-electron chi connectivity index (χ1n) is 4.10. The number of carbonyl (C=O) groups is 1. The predicted molar refractivity (Wildman–Crippen MR) is 48.2 cm³/mol. The Hall–Kier alpha value is -2.00. The van der Waals surface area contributed by atoms with Crippen molar-refractivity contribution in [2.75, 3.05) is 7.11 Å². The number of aliphatic hydroxyl groups is 2. The summed E-state index contributed by atoms with van der Waals surface area (Å²) in [6, 6.07) is 0. The predicted octanol–water partition coefficient (Wildman–Crippen LogP) is -1.11. The van der Waals surface area contributed by atoms with Crippen LogP contribution in [-0.2, 0) is 9.53 Å². The molecule has 2 unspecified atom stereocenters. The Labute approximate surface area is 88.8 Å². The van der Waals surface area contributed by atoms with Crippen molar-refractivity contribution in [3.05, 3.63) is 22.1 Å². The molecular formula is C7H9N3O6. The van der Waals surface area contributed by atoms with Gasteiger partial charge in [-0.05, 0) is 4.92 Å². The van der Waals surface area contributed by atoms with E-state index in [4.69, 9.17) is 0 Å². The second-order valence-corrected chi connectivity index (χ2v) is 2.82. The molecule has 0 bridgehead atoms. The van der Waals surface area contributed by atoms with Crippen molar-refractivity contribution in [3.8, 4) is 0 Å². The molecule has 1 aromatic rings. The molecule has 0 saturated heterocycles. The van der Waals surface area contributed by atoms with E-state index in [1.54, 1.807) is 0 Å².